The van der Waals surface area contributed by atoms with Crippen LogP contribution in [0.5, 0.6) is 0 Å². The molecule has 1 aromatic heterocycles. The van der Waals surface area contributed by atoms with Crippen molar-refractivity contribution in [1.82, 2.24) is 0 Å². The number of carbonyl (C=O) groups excluding carboxylic acids is 1. The van der Waals surface area contributed by atoms with E-state index in [0.717, 1.165) is 4.88 Å². The predicted molar refractivity (Wildman–Crippen MR) is 50.9 cm³/mol. The molecule has 0 aliphatic carbocycles. The summed E-state index contributed by atoms with van der Waals surface area (Å²) in [6.07, 6.45) is 0.362. The van der Waals surface area contributed by atoms with Crippen LogP contribution in [0.15, 0.2) is 17.5 Å². The molecular weight excluding hydrogens is 188 g/mol. The lowest BCUT2D eigenvalue weighted by Gasteiger charge is -2.01. The third-order valence-electron chi connectivity index (χ3n) is 1.45. The highest BCUT2D eigenvalue weighted by molar-refractivity contribution is 7.10. The summed E-state index contributed by atoms with van der Waals surface area (Å²) in [5.74, 6) is -0.195. The quantitative estimate of drug-likeness (QED) is 0.533. The van der Waals surface area contributed by atoms with Crippen molar-refractivity contribution in [2.45, 2.75) is 6.42 Å². The lowest BCUT2D eigenvalue weighted by atomic mass is 10.3. The van der Waals surface area contributed by atoms with Crippen molar-refractivity contribution in [3.8, 4) is 0 Å². The molecule has 13 heavy (non-hydrogen) atoms. The minimum absolute atomic E-state index is 0.195. The molecule has 0 amide bonds. The van der Waals surface area contributed by atoms with Gasteiger partial charge in [0.15, 0.2) is 0 Å². The number of ether oxygens (including phenoxy) is 2. The highest BCUT2D eigenvalue weighted by Crippen LogP contribution is 2.09. The molecule has 1 aromatic rings. The molecule has 1 heterocycles. The van der Waals surface area contributed by atoms with Crippen LogP contribution in [0.4, 0.5) is 0 Å². The Hall–Kier alpha value is -0.870. The van der Waals surface area contributed by atoms with Crippen molar-refractivity contribution >= 4 is 17.3 Å². The van der Waals surface area contributed by atoms with Crippen LogP contribution >= 0.6 is 11.3 Å². The summed E-state index contributed by atoms with van der Waals surface area (Å²) in [4.78, 5) is 12.1. The predicted octanol–water partition coefficient (Wildman–Crippen LogP) is 1.48. The SMILES string of the molecule is COCCOC(=O)Cc1cccs1. The van der Waals surface area contributed by atoms with Crippen molar-refractivity contribution in [2.75, 3.05) is 20.3 Å². The number of carbonyl (C=O) groups is 1. The summed E-state index contributed by atoms with van der Waals surface area (Å²) in [7, 11) is 1.58. The number of methoxy groups -OCH3 is 1. The smallest absolute Gasteiger partial charge is 0.311 e. The van der Waals surface area contributed by atoms with Crippen molar-refractivity contribution in [3.63, 3.8) is 0 Å². The van der Waals surface area contributed by atoms with Crippen LogP contribution in [0.3, 0.4) is 0 Å². The normalized spacial score (nSPS) is 9.92. The van der Waals surface area contributed by atoms with Gasteiger partial charge in [-0.1, -0.05) is 6.07 Å². The van der Waals surface area contributed by atoms with Gasteiger partial charge in [0.25, 0.3) is 0 Å². The molecule has 0 radical (unpaired) electrons. The van der Waals surface area contributed by atoms with E-state index in [1.807, 2.05) is 17.5 Å². The lowest BCUT2D eigenvalue weighted by Crippen LogP contribution is -2.11. The molecule has 0 N–H and O–H groups in total. The average molecular weight is 200 g/mol. The van der Waals surface area contributed by atoms with E-state index in [9.17, 15) is 4.79 Å². The van der Waals surface area contributed by atoms with E-state index in [2.05, 4.69) is 0 Å². The van der Waals surface area contributed by atoms with Gasteiger partial charge in [-0.15, -0.1) is 11.3 Å². The topological polar surface area (TPSA) is 35.5 Å². The molecule has 0 saturated carbocycles. The summed E-state index contributed by atoms with van der Waals surface area (Å²) in [6, 6.07) is 3.84. The fourth-order valence-corrected chi connectivity index (χ4v) is 1.54. The Morgan fingerprint density at radius 1 is 1.54 bits per heavy atom. The third-order valence-corrected chi connectivity index (χ3v) is 2.33. The van der Waals surface area contributed by atoms with Gasteiger partial charge in [0.05, 0.1) is 13.0 Å². The summed E-state index contributed by atoms with van der Waals surface area (Å²) in [5, 5.41) is 1.94. The molecule has 0 aliphatic heterocycles. The van der Waals surface area contributed by atoms with Crippen LogP contribution in [0.1, 0.15) is 4.88 Å². The fourth-order valence-electron chi connectivity index (χ4n) is 0.845. The first-order valence-electron chi connectivity index (χ1n) is 4.00. The second-order valence-corrected chi connectivity index (χ2v) is 3.50. The molecular formula is C9H12O3S. The Morgan fingerprint density at radius 3 is 3.00 bits per heavy atom. The molecule has 0 spiro atoms. The summed E-state index contributed by atoms with van der Waals surface area (Å²) in [5.41, 5.74) is 0. The third kappa shape index (κ3) is 4.05. The number of rotatable bonds is 5. The van der Waals surface area contributed by atoms with E-state index in [-0.39, 0.29) is 5.97 Å². The Kier molecular flexibility index (Phi) is 4.49. The Morgan fingerprint density at radius 2 is 2.38 bits per heavy atom. The molecule has 0 aromatic carbocycles. The van der Waals surface area contributed by atoms with Crippen LogP contribution < -0.4 is 0 Å². The largest absolute Gasteiger partial charge is 0.463 e. The highest BCUT2D eigenvalue weighted by Gasteiger charge is 2.04. The number of thiophene rings is 1. The zero-order valence-corrected chi connectivity index (χ0v) is 8.30. The van der Waals surface area contributed by atoms with Gasteiger partial charge in [-0.25, -0.2) is 0 Å². The van der Waals surface area contributed by atoms with E-state index in [4.69, 9.17) is 9.47 Å². The van der Waals surface area contributed by atoms with E-state index < -0.39 is 0 Å². The van der Waals surface area contributed by atoms with E-state index in [1.165, 1.54) is 0 Å². The zero-order valence-electron chi connectivity index (χ0n) is 7.49. The zero-order chi connectivity index (χ0) is 9.52. The van der Waals surface area contributed by atoms with Crippen molar-refractivity contribution in [3.05, 3.63) is 22.4 Å². The Bertz CT molecular complexity index is 243. The van der Waals surface area contributed by atoms with Gasteiger partial charge in [0.2, 0.25) is 0 Å². The van der Waals surface area contributed by atoms with Gasteiger partial charge < -0.3 is 9.47 Å². The fraction of sp³-hybridized carbons (Fsp3) is 0.444. The number of hydrogen-bond acceptors (Lipinski definition) is 4. The van der Waals surface area contributed by atoms with E-state index in [1.54, 1.807) is 18.4 Å². The van der Waals surface area contributed by atoms with Crippen molar-refractivity contribution < 1.29 is 14.3 Å². The molecule has 0 bridgehead atoms. The molecule has 0 aliphatic rings. The molecule has 0 fully saturated rings. The Balaban J connectivity index is 2.18. The maximum atomic E-state index is 11.1. The van der Waals surface area contributed by atoms with Gasteiger partial charge in [-0.2, -0.15) is 0 Å². The van der Waals surface area contributed by atoms with Gasteiger partial charge in [0.1, 0.15) is 6.61 Å². The van der Waals surface area contributed by atoms with Crippen LogP contribution in [0.2, 0.25) is 0 Å². The Labute approximate surface area is 81.3 Å². The van der Waals surface area contributed by atoms with Gasteiger partial charge in [-0.05, 0) is 11.4 Å². The second kappa shape index (κ2) is 5.72. The maximum Gasteiger partial charge on any atom is 0.311 e. The first-order valence-corrected chi connectivity index (χ1v) is 4.88. The molecule has 4 heteroatoms. The van der Waals surface area contributed by atoms with Crippen LogP contribution in [-0.2, 0) is 20.7 Å². The summed E-state index contributed by atoms with van der Waals surface area (Å²) in [6.45, 7) is 0.789. The van der Waals surface area contributed by atoms with E-state index >= 15 is 0 Å². The summed E-state index contributed by atoms with van der Waals surface area (Å²) < 4.78 is 9.65. The van der Waals surface area contributed by atoms with Crippen LogP contribution in [0, 0.1) is 0 Å². The molecule has 0 saturated heterocycles. The monoisotopic (exact) mass is 200 g/mol. The first-order chi connectivity index (χ1) is 6.33. The standard InChI is InChI=1S/C9H12O3S/c1-11-4-5-12-9(10)7-8-3-2-6-13-8/h2-3,6H,4-5,7H2,1H3. The van der Waals surface area contributed by atoms with Crippen LogP contribution in [-0.4, -0.2) is 26.3 Å². The average Bonchev–Trinajstić information content (AvgIpc) is 2.57. The number of hydrogen-bond donors (Lipinski definition) is 0. The van der Waals surface area contributed by atoms with Crippen LogP contribution in [0.25, 0.3) is 0 Å². The first kappa shape index (κ1) is 10.2. The molecule has 3 nitrogen and oxygen atoms in total. The highest BCUT2D eigenvalue weighted by atomic mass is 32.1. The van der Waals surface area contributed by atoms with E-state index in [0.29, 0.717) is 19.6 Å². The van der Waals surface area contributed by atoms with Gasteiger partial charge in [-0.3, -0.25) is 4.79 Å². The minimum atomic E-state index is -0.195. The number of esters is 1. The lowest BCUT2D eigenvalue weighted by molar-refractivity contribution is -0.144. The van der Waals surface area contributed by atoms with Gasteiger partial charge >= 0.3 is 5.97 Å². The second-order valence-electron chi connectivity index (χ2n) is 2.47. The molecule has 0 atom stereocenters. The van der Waals surface area contributed by atoms with Crippen molar-refractivity contribution in [1.29, 1.82) is 0 Å². The van der Waals surface area contributed by atoms with Gasteiger partial charge in [0, 0.05) is 12.0 Å². The maximum absolute atomic E-state index is 11.1. The van der Waals surface area contributed by atoms with Crippen molar-refractivity contribution in [2.24, 2.45) is 0 Å². The molecule has 1 rings (SSSR count). The minimum Gasteiger partial charge on any atom is -0.463 e. The molecule has 0 unspecified atom stereocenters. The summed E-state index contributed by atoms with van der Waals surface area (Å²) >= 11 is 1.56. The molecule has 72 valence electrons.